The lowest BCUT2D eigenvalue weighted by atomic mass is 10.2. The molecule has 0 fully saturated rings. The van der Waals surface area contributed by atoms with Gasteiger partial charge in [-0.25, -0.2) is 14.8 Å². The SMILES string of the molecule is CCOC(=O)c1sc2nc(CC(=O)OC)nc(Nc3ccc(O)cc3)c2c1C. The minimum absolute atomic E-state index is 0.0949. The van der Waals surface area contributed by atoms with Gasteiger partial charge in [-0.15, -0.1) is 11.3 Å². The first-order valence-electron chi connectivity index (χ1n) is 8.53. The van der Waals surface area contributed by atoms with E-state index in [2.05, 4.69) is 15.3 Å². The number of phenols is 1. The maximum absolute atomic E-state index is 12.3. The molecule has 0 atom stereocenters. The van der Waals surface area contributed by atoms with Gasteiger partial charge in [0, 0.05) is 5.69 Å². The summed E-state index contributed by atoms with van der Waals surface area (Å²) < 4.78 is 9.82. The predicted molar refractivity (Wildman–Crippen MR) is 105 cm³/mol. The summed E-state index contributed by atoms with van der Waals surface area (Å²) in [7, 11) is 1.30. The number of ether oxygens (including phenoxy) is 2. The van der Waals surface area contributed by atoms with Crippen molar-refractivity contribution >= 4 is 45.0 Å². The summed E-state index contributed by atoms with van der Waals surface area (Å²) >= 11 is 1.19. The van der Waals surface area contributed by atoms with Gasteiger partial charge in [-0.05, 0) is 43.7 Å². The van der Waals surface area contributed by atoms with Crippen molar-refractivity contribution in [1.29, 1.82) is 0 Å². The van der Waals surface area contributed by atoms with Gasteiger partial charge in [-0.1, -0.05) is 0 Å². The summed E-state index contributed by atoms with van der Waals surface area (Å²) in [5, 5.41) is 13.3. The fraction of sp³-hybridized carbons (Fsp3) is 0.263. The van der Waals surface area contributed by atoms with Gasteiger partial charge in [0.2, 0.25) is 0 Å². The number of hydrogen-bond donors (Lipinski definition) is 2. The van der Waals surface area contributed by atoms with Crippen molar-refractivity contribution in [2.75, 3.05) is 19.0 Å². The molecule has 0 aliphatic rings. The lowest BCUT2D eigenvalue weighted by Gasteiger charge is -2.10. The number of nitrogens with zero attached hydrogens (tertiary/aromatic N) is 2. The number of anilines is 2. The normalized spacial score (nSPS) is 10.7. The zero-order chi connectivity index (χ0) is 20.3. The molecule has 146 valence electrons. The molecule has 3 aromatic rings. The molecule has 0 radical (unpaired) electrons. The number of carbonyl (C=O) groups is 2. The topological polar surface area (TPSA) is 111 Å². The van der Waals surface area contributed by atoms with E-state index in [4.69, 9.17) is 9.47 Å². The number of nitrogens with one attached hydrogen (secondary N) is 1. The standard InChI is InChI=1S/C19H19N3O5S/c1-4-27-19(25)16-10(2)15-17(20-11-5-7-12(23)8-6-11)21-13(9-14(24)26-3)22-18(15)28-16/h5-8,23H,4,9H2,1-3H3,(H,20,21,22). The Labute approximate surface area is 165 Å². The van der Waals surface area contributed by atoms with Gasteiger partial charge in [0.15, 0.2) is 0 Å². The van der Waals surface area contributed by atoms with E-state index in [0.29, 0.717) is 32.2 Å². The number of benzene rings is 1. The summed E-state index contributed by atoms with van der Waals surface area (Å²) in [5.74, 6) is -0.0146. The van der Waals surface area contributed by atoms with Crippen LogP contribution in [0.1, 0.15) is 28.0 Å². The molecule has 2 N–H and O–H groups in total. The third kappa shape index (κ3) is 4.04. The van der Waals surface area contributed by atoms with Crippen molar-refractivity contribution in [3.05, 3.63) is 40.5 Å². The maximum atomic E-state index is 12.3. The molecule has 8 nitrogen and oxygen atoms in total. The first-order valence-corrected chi connectivity index (χ1v) is 9.34. The Balaban J connectivity index is 2.12. The summed E-state index contributed by atoms with van der Waals surface area (Å²) in [5.41, 5.74) is 1.38. The number of thiophene rings is 1. The number of esters is 2. The van der Waals surface area contributed by atoms with Gasteiger partial charge < -0.3 is 19.9 Å². The number of phenolic OH excluding ortho intramolecular Hbond substituents is 1. The summed E-state index contributed by atoms with van der Waals surface area (Å²) in [4.78, 5) is 33.8. The fourth-order valence-electron chi connectivity index (χ4n) is 2.63. The second-order valence-electron chi connectivity index (χ2n) is 5.87. The van der Waals surface area contributed by atoms with E-state index in [9.17, 15) is 14.7 Å². The summed E-state index contributed by atoms with van der Waals surface area (Å²) in [6.45, 7) is 3.81. The highest BCUT2D eigenvalue weighted by atomic mass is 32.1. The number of aromatic nitrogens is 2. The third-order valence-electron chi connectivity index (χ3n) is 3.96. The van der Waals surface area contributed by atoms with E-state index in [1.165, 1.54) is 18.4 Å². The number of fused-ring (bicyclic) bond motifs is 1. The molecule has 0 aliphatic carbocycles. The number of hydrogen-bond acceptors (Lipinski definition) is 9. The van der Waals surface area contributed by atoms with Crippen LogP contribution in [0.5, 0.6) is 5.75 Å². The van der Waals surface area contributed by atoms with Crippen LogP contribution < -0.4 is 5.32 Å². The van der Waals surface area contributed by atoms with Crippen molar-refractivity contribution in [3.8, 4) is 5.75 Å². The van der Waals surface area contributed by atoms with Crippen molar-refractivity contribution in [1.82, 2.24) is 9.97 Å². The van der Waals surface area contributed by atoms with Crippen molar-refractivity contribution in [2.24, 2.45) is 0 Å². The van der Waals surface area contributed by atoms with Crippen molar-refractivity contribution in [3.63, 3.8) is 0 Å². The molecule has 2 heterocycles. The highest BCUT2D eigenvalue weighted by Crippen LogP contribution is 2.35. The van der Waals surface area contributed by atoms with E-state index in [0.717, 1.165) is 0 Å². The van der Waals surface area contributed by atoms with Gasteiger partial charge in [0.1, 0.15) is 33.5 Å². The maximum Gasteiger partial charge on any atom is 0.348 e. The van der Waals surface area contributed by atoms with Gasteiger partial charge in [-0.2, -0.15) is 0 Å². The average Bonchev–Trinajstić information content (AvgIpc) is 3.00. The quantitative estimate of drug-likeness (QED) is 0.478. The lowest BCUT2D eigenvalue weighted by Crippen LogP contribution is -2.09. The molecule has 0 unspecified atom stereocenters. The molecule has 0 spiro atoms. The minimum atomic E-state index is -0.464. The fourth-order valence-corrected chi connectivity index (χ4v) is 3.72. The van der Waals surface area contributed by atoms with Gasteiger partial charge in [-0.3, -0.25) is 4.79 Å². The van der Waals surface area contributed by atoms with Crippen LogP contribution >= 0.6 is 11.3 Å². The average molecular weight is 401 g/mol. The predicted octanol–water partition coefficient (Wildman–Crippen LogP) is 3.34. The van der Waals surface area contributed by atoms with Gasteiger partial charge in [0.05, 0.1) is 19.1 Å². The van der Waals surface area contributed by atoms with Gasteiger partial charge >= 0.3 is 11.9 Å². The summed E-state index contributed by atoms with van der Waals surface area (Å²) in [6, 6.07) is 6.47. The van der Waals surface area contributed by atoms with Crippen LogP contribution in [-0.4, -0.2) is 40.7 Å². The van der Waals surface area contributed by atoms with Gasteiger partial charge in [0.25, 0.3) is 0 Å². The molecule has 0 aliphatic heterocycles. The Morgan fingerprint density at radius 1 is 1.21 bits per heavy atom. The molecular formula is C19H19N3O5S. The summed E-state index contributed by atoms with van der Waals surface area (Å²) in [6.07, 6.45) is -0.0949. The van der Waals surface area contributed by atoms with Crippen LogP contribution in [0.4, 0.5) is 11.5 Å². The monoisotopic (exact) mass is 401 g/mol. The Kier molecular flexibility index (Phi) is 5.74. The first-order chi connectivity index (χ1) is 13.4. The lowest BCUT2D eigenvalue weighted by molar-refractivity contribution is -0.139. The molecule has 0 saturated carbocycles. The molecular weight excluding hydrogens is 382 g/mol. The second kappa shape index (κ2) is 8.22. The number of aromatic hydroxyl groups is 1. The van der Waals surface area contributed by atoms with E-state index in [-0.39, 0.29) is 24.6 Å². The van der Waals surface area contributed by atoms with Crippen LogP contribution in [0, 0.1) is 6.92 Å². The number of aryl methyl sites for hydroxylation is 1. The molecule has 0 bridgehead atoms. The zero-order valence-electron chi connectivity index (χ0n) is 15.6. The van der Waals surface area contributed by atoms with Crippen molar-refractivity contribution in [2.45, 2.75) is 20.3 Å². The zero-order valence-corrected chi connectivity index (χ0v) is 16.4. The van der Waals surface area contributed by atoms with Crippen molar-refractivity contribution < 1.29 is 24.2 Å². The molecule has 28 heavy (non-hydrogen) atoms. The van der Waals surface area contributed by atoms with E-state index in [1.807, 2.05) is 0 Å². The van der Waals surface area contributed by atoms with E-state index < -0.39 is 11.9 Å². The molecule has 0 saturated heterocycles. The van der Waals surface area contributed by atoms with Crippen LogP contribution in [0.2, 0.25) is 0 Å². The number of rotatable bonds is 6. The highest BCUT2D eigenvalue weighted by molar-refractivity contribution is 7.20. The Morgan fingerprint density at radius 2 is 1.93 bits per heavy atom. The minimum Gasteiger partial charge on any atom is -0.508 e. The Morgan fingerprint density at radius 3 is 2.57 bits per heavy atom. The largest absolute Gasteiger partial charge is 0.508 e. The van der Waals surface area contributed by atoms with Crippen LogP contribution in [0.25, 0.3) is 10.2 Å². The second-order valence-corrected chi connectivity index (χ2v) is 6.87. The Bertz CT molecular complexity index is 1030. The van der Waals surface area contributed by atoms with Crippen LogP contribution in [0.15, 0.2) is 24.3 Å². The van der Waals surface area contributed by atoms with E-state index in [1.54, 1.807) is 38.1 Å². The third-order valence-corrected chi connectivity index (χ3v) is 5.12. The van der Waals surface area contributed by atoms with Crippen LogP contribution in [-0.2, 0) is 20.7 Å². The number of methoxy groups -OCH3 is 1. The highest BCUT2D eigenvalue weighted by Gasteiger charge is 2.22. The molecule has 1 aromatic carbocycles. The molecule has 0 amide bonds. The molecule has 9 heteroatoms. The molecule has 2 aromatic heterocycles. The van der Waals surface area contributed by atoms with Crippen LogP contribution in [0.3, 0.4) is 0 Å². The smallest absolute Gasteiger partial charge is 0.348 e. The van der Waals surface area contributed by atoms with E-state index >= 15 is 0 Å². The first kappa shape index (κ1) is 19.6. The number of carbonyl (C=O) groups excluding carboxylic acids is 2. The molecule has 3 rings (SSSR count). The Hall–Kier alpha value is -3.20.